The molecular formula is C26H30N2O5S. The van der Waals surface area contributed by atoms with Crippen LogP contribution in [0.4, 0.5) is 5.69 Å². The van der Waals surface area contributed by atoms with Gasteiger partial charge < -0.3 is 24.8 Å². The summed E-state index contributed by atoms with van der Waals surface area (Å²) in [5.41, 5.74) is 1.57. The van der Waals surface area contributed by atoms with Gasteiger partial charge in [-0.05, 0) is 54.7 Å². The van der Waals surface area contributed by atoms with Gasteiger partial charge in [-0.1, -0.05) is 55.8 Å². The number of aliphatic carboxylic acids is 1. The van der Waals surface area contributed by atoms with Crippen molar-refractivity contribution in [3.63, 3.8) is 0 Å². The van der Waals surface area contributed by atoms with E-state index in [0.29, 0.717) is 22.3 Å². The number of carbonyl (C=O) groups excluding carboxylic acids is 1. The fraction of sp³-hybridized carbons (Fsp3) is 0.385. The molecule has 1 aliphatic heterocycles. The molecule has 1 aliphatic carbocycles. The van der Waals surface area contributed by atoms with Gasteiger partial charge in [0.05, 0.1) is 12.0 Å². The highest BCUT2D eigenvalue weighted by atomic mass is 32.2. The van der Waals surface area contributed by atoms with Crippen molar-refractivity contribution >= 4 is 35.4 Å². The number of hydrogen-bond donors (Lipinski definition) is 2. The van der Waals surface area contributed by atoms with Crippen molar-refractivity contribution in [3.05, 3.63) is 59.0 Å². The summed E-state index contributed by atoms with van der Waals surface area (Å²) in [4.78, 5) is 27.1. The van der Waals surface area contributed by atoms with E-state index < -0.39 is 12.6 Å². The molecule has 8 heteroatoms. The fourth-order valence-corrected chi connectivity index (χ4v) is 5.76. The van der Waals surface area contributed by atoms with Gasteiger partial charge in [0.15, 0.2) is 23.6 Å². The van der Waals surface area contributed by atoms with Crippen LogP contribution in [0.3, 0.4) is 0 Å². The van der Waals surface area contributed by atoms with E-state index in [0.717, 1.165) is 30.5 Å². The largest absolute Gasteiger partial charge is 0.493 e. The SMILES string of the molecule is COc1cc(/C=C2\SC(Nc3ccccc3)N([C@@H]3CCCC[C@H]3C)C2=O)ccc1OCC(=O)O. The smallest absolute Gasteiger partial charge is 0.341 e. The highest BCUT2D eigenvalue weighted by molar-refractivity contribution is 8.05. The summed E-state index contributed by atoms with van der Waals surface area (Å²) < 4.78 is 10.7. The van der Waals surface area contributed by atoms with E-state index >= 15 is 0 Å². The van der Waals surface area contributed by atoms with Crippen LogP contribution < -0.4 is 14.8 Å². The topological polar surface area (TPSA) is 88.1 Å². The maximum absolute atomic E-state index is 13.6. The van der Waals surface area contributed by atoms with Gasteiger partial charge in [-0.25, -0.2) is 4.79 Å². The molecule has 1 heterocycles. The second-order valence-corrected chi connectivity index (χ2v) is 9.75. The molecule has 0 spiro atoms. The zero-order valence-corrected chi connectivity index (χ0v) is 20.2. The van der Waals surface area contributed by atoms with Crippen molar-refractivity contribution in [2.75, 3.05) is 19.0 Å². The monoisotopic (exact) mass is 482 g/mol. The predicted molar refractivity (Wildman–Crippen MR) is 134 cm³/mol. The van der Waals surface area contributed by atoms with E-state index in [2.05, 4.69) is 12.2 Å². The lowest BCUT2D eigenvalue weighted by Crippen LogP contribution is -2.48. The number of nitrogens with zero attached hydrogens (tertiary/aromatic N) is 1. The molecule has 34 heavy (non-hydrogen) atoms. The number of hydrogen-bond acceptors (Lipinski definition) is 6. The van der Waals surface area contributed by atoms with E-state index in [1.165, 1.54) is 25.3 Å². The first-order valence-electron chi connectivity index (χ1n) is 11.5. The quantitative estimate of drug-likeness (QED) is 0.509. The molecule has 0 bridgehead atoms. The first kappa shape index (κ1) is 24.0. The molecule has 1 amide bonds. The summed E-state index contributed by atoms with van der Waals surface area (Å²) in [6.45, 7) is 1.79. The van der Waals surface area contributed by atoms with E-state index in [9.17, 15) is 9.59 Å². The molecule has 2 fully saturated rings. The van der Waals surface area contributed by atoms with Gasteiger partial charge in [0.25, 0.3) is 5.91 Å². The number of benzene rings is 2. The average Bonchev–Trinajstić information content (AvgIpc) is 3.13. The molecule has 3 atom stereocenters. The highest BCUT2D eigenvalue weighted by Gasteiger charge is 2.42. The van der Waals surface area contributed by atoms with Crippen LogP contribution in [0.15, 0.2) is 53.4 Å². The molecule has 7 nitrogen and oxygen atoms in total. The third-order valence-electron chi connectivity index (χ3n) is 6.26. The number of rotatable bonds is 8. The normalized spacial score (nSPS) is 23.7. The minimum Gasteiger partial charge on any atom is -0.493 e. The molecule has 2 N–H and O–H groups in total. The maximum atomic E-state index is 13.6. The summed E-state index contributed by atoms with van der Waals surface area (Å²) in [5, 5.41) is 12.4. The van der Waals surface area contributed by atoms with Crippen molar-refractivity contribution < 1.29 is 24.2 Å². The summed E-state index contributed by atoms with van der Waals surface area (Å²) in [5.74, 6) is 0.183. The molecule has 2 aromatic carbocycles. The van der Waals surface area contributed by atoms with Crippen LogP contribution in [0.1, 0.15) is 38.2 Å². The Labute approximate surface area is 204 Å². The highest BCUT2D eigenvalue weighted by Crippen LogP contribution is 2.42. The summed E-state index contributed by atoms with van der Waals surface area (Å²) in [6.07, 6.45) is 6.35. The Balaban J connectivity index is 1.61. The van der Waals surface area contributed by atoms with Crippen LogP contribution in [0.2, 0.25) is 0 Å². The van der Waals surface area contributed by atoms with E-state index in [4.69, 9.17) is 14.6 Å². The number of methoxy groups -OCH3 is 1. The van der Waals surface area contributed by atoms with Crippen LogP contribution >= 0.6 is 11.8 Å². The maximum Gasteiger partial charge on any atom is 0.341 e. The Morgan fingerprint density at radius 2 is 1.94 bits per heavy atom. The first-order valence-corrected chi connectivity index (χ1v) is 12.4. The van der Waals surface area contributed by atoms with Crippen molar-refractivity contribution in [2.45, 2.75) is 44.1 Å². The second-order valence-electron chi connectivity index (χ2n) is 8.62. The molecular weight excluding hydrogens is 452 g/mol. The van der Waals surface area contributed by atoms with Gasteiger partial charge in [0, 0.05) is 11.7 Å². The van der Waals surface area contributed by atoms with Gasteiger partial charge in [-0.2, -0.15) is 0 Å². The molecule has 0 radical (unpaired) electrons. The van der Waals surface area contributed by atoms with Gasteiger partial charge in [0.1, 0.15) is 0 Å². The predicted octanol–water partition coefficient (Wildman–Crippen LogP) is 5.05. The minimum absolute atomic E-state index is 0.0300. The van der Waals surface area contributed by atoms with Crippen molar-refractivity contribution in [1.82, 2.24) is 4.90 Å². The third kappa shape index (κ3) is 5.50. The van der Waals surface area contributed by atoms with Crippen molar-refractivity contribution in [3.8, 4) is 11.5 Å². The van der Waals surface area contributed by atoms with Gasteiger partial charge >= 0.3 is 5.97 Å². The number of carboxylic acids is 1. The number of carbonyl (C=O) groups is 2. The number of para-hydroxylation sites is 1. The van der Waals surface area contributed by atoms with Crippen LogP contribution in [-0.4, -0.2) is 47.1 Å². The Bertz CT molecular complexity index is 1060. The Morgan fingerprint density at radius 3 is 2.65 bits per heavy atom. The number of carboxylic acid groups (broad SMARTS) is 1. The number of ether oxygens (including phenoxy) is 2. The fourth-order valence-electron chi connectivity index (χ4n) is 4.55. The number of thioether (sulfide) groups is 1. The molecule has 1 unspecified atom stereocenters. The molecule has 2 aromatic rings. The van der Waals surface area contributed by atoms with Gasteiger partial charge in [-0.3, -0.25) is 4.79 Å². The number of amides is 1. The summed E-state index contributed by atoms with van der Waals surface area (Å²) in [6, 6.07) is 15.4. The molecule has 0 aromatic heterocycles. The molecule has 4 rings (SSSR count). The van der Waals surface area contributed by atoms with Gasteiger partial charge in [0.2, 0.25) is 0 Å². The van der Waals surface area contributed by atoms with Crippen molar-refractivity contribution in [2.24, 2.45) is 5.92 Å². The first-order chi connectivity index (χ1) is 16.5. The molecule has 1 saturated heterocycles. The third-order valence-corrected chi connectivity index (χ3v) is 7.38. The molecule has 2 aliphatic rings. The standard InChI is InChI=1S/C26H30N2O5S/c1-17-8-6-7-11-20(17)28-25(31)23(34-26(28)27-19-9-4-3-5-10-19)15-18-12-13-21(22(14-18)32-2)33-16-24(29)30/h3-5,9-10,12-15,17,20,26-27H,6-8,11,16H2,1-2H3,(H,29,30)/b23-15-/t17-,20-,26?/m1/s1. The molecule has 180 valence electrons. The van der Waals surface area contributed by atoms with Gasteiger partial charge in [-0.15, -0.1) is 0 Å². The van der Waals surface area contributed by atoms with Crippen LogP contribution in [0, 0.1) is 5.92 Å². The minimum atomic E-state index is -1.06. The van der Waals surface area contributed by atoms with Crippen molar-refractivity contribution in [1.29, 1.82) is 0 Å². The van der Waals surface area contributed by atoms with Crippen LogP contribution in [0.5, 0.6) is 11.5 Å². The number of anilines is 1. The van der Waals surface area contributed by atoms with Crippen LogP contribution in [0.25, 0.3) is 6.08 Å². The summed E-state index contributed by atoms with van der Waals surface area (Å²) >= 11 is 1.52. The Kier molecular flexibility index (Phi) is 7.67. The van der Waals surface area contributed by atoms with E-state index in [1.54, 1.807) is 18.2 Å². The lowest BCUT2D eigenvalue weighted by atomic mass is 9.85. The van der Waals surface area contributed by atoms with Crippen LogP contribution in [-0.2, 0) is 9.59 Å². The average molecular weight is 483 g/mol. The zero-order valence-electron chi connectivity index (χ0n) is 19.4. The lowest BCUT2D eigenvalue weighted by Gasteiger charge is -2.39. The molecule has 1 saturated carbocycles. The zero-order chi connectivity index (χ0) is 24.1. The van der Waals surface area contributed by atoms with E-state index in [1.807, 2.05) is 41.3 Å². The Hall–Kier alpha value is -3.13. The second kappa shape index (κ2) is 10.9. The summed E-state index contributed by atoms with van der Waals surface area (Å²) in [7, 11) is 1.50. The number of nitrogens with one attached hydrogen (secondary N) is 1. The van der Waals surface area contributed by atoms with E-state index in [-0.39, 0.29) is 17.4 Å². The Morgan fingerprint density at radius 1 is 1.18 bits per heavy atom. The lowest BCUT2D eigenvalue weighted by molar-refractivity contribution is -0.139.